The summed E-state index contributed by atoms with van der Waals surface area (Å²) < 4.78 is 0. The molecule has 0 radical (unpaired) electrons. The molecule has 0 aromatic heterocycles. The normalized spacial score (nSPS) is 16.8. The molecule has 1 heterocycles. The van der Waals surface area contributed by atoms with Gasteiger partial charge in [0.2, 0.25) is 5.91 Å². The van der Waals surface area contributed by atoms with Gasteiger partial charge in [-0.2, -0.15) is 0 Å². The molecule has 0 saturated heterocycles. The molecule has 5 heteroatoms. The van der Waals surface area contributed by atoms with E-state index in [0.717, 1.165) is 11.6 Å². The van der Waals surface area contributed by atoms with Crippen molar-refractivity contribution in [2.45, 2.75) is 25.8 Å². The SMILES string of the molecule is CN=C(NCc1ccccc1C)NCC1CC(=O)Nc2ccccc21. The van der Waals surface area contributed by atoms with Crippen molar-refractivity contribution < 1.29 is 4.79 Å². The van der Waals surface area contributed by atoms with Gasteiger partial charge in [0, 0.05) is 38.2 Å². The third-order valence-corrected chi connectivity index (χ3v) is 4.55. The van der Waals surface area contributed by atoms with Gasteiger partial charge in [-0.1, -0.05) is 42.5 Å². The number of nitrogens with one attached hydrogen (secondary N) is 3. The van der Waals surface area contributed by atoms with E-state index in [4.69, 9.17) is 0 Å². The average molecular weight is 336 g/mol. The smallest absolute Gasteiger partial charge is 0.225 e. The van der Waals surface area contributed by atoms with Gasteiger partial charge in [0.15, 0.2) is 5.96 Å². The first-order valence-electron chi connectivity index (χ1n) is 8.55. The highest BCUT2D eigenvalue weighted by Gasteiger charge is 2.24. The van der Waals surface area contributed by atoms with Gasteiger partial charge in [-0.05, 0) is 29.7 Å². The third-order valence-electron chi connectivity index (χ3n) is 4.55. The number of rotatable bonds is 4. The maximum Gasteiger partial charge on any atom is 0.225 e. The van der Waals surface area contributed by atoms with E-state index in [2.05, 4.69) is 46.1 Å². The summed E-state index contributed by atoms with van der Waals surface area (Å²) in [5.74, 6) is 0.946. The van der Waals surface area contributed by atoms with Crippen LogP contribution in [0.15, 0.2) is 53.5 Å². The first-order chi connectivity index (χ1) is 12.2. The van der Waals surface area contributed by atoms with Crippen molar-refractivity contribution in [2.24, 2.45) is 4.99 Å². The second kappa shape index (κ2) is 7.83. The van der Waals surface area contributed by atoms with E-state index in [-0.39, 0.29) is 11.8 Å². The number of aryl methyl sites for hydroxylation is 1. The van der Waals surface area contributed by atoms with E-state index >= 15 is 0 Å². The zero-order chi connectivity index (χ0) is 17.6. The highest BCUT2D eigenvalue weighted by molar-refractivity contribution is 5.94. The van der Waals surface area contributed by atoms with Crippen LogP contribution < -0.4 is 16.0 Å². The number of hydrogen-bond donors (Lipinski definition) is 3. The molecule has 1 atom stereocenters. The number of benzene rings is 2. The molecular weight excluding hydrogens is 312 g/mol. The number of hydrogen-bond acceptors (Lipinski definition) is 2. The Kier molecular flexibility index (Phi) is 5.33. The summed E-state index contributed by atoms with van der Waals surface area (Å²) in [6.45, 7) is 3.48. The van der Waals surface area contributed by atoms with Crippen LogP contribution in [0.2, 0.25) is 0 Å². The molecule has 0 spiro atoms. The standard InChI is InChI=1S/C20H24N4O/c1-14-7-3-4-8-15(14)12-22-20(21-2)23-13-16-11-19(25)24-18-10-6-5-9-17(16)18/h3-10,16H,11-13H2,1-2H3,(H,24,25)(H2,21,22,23). The zero-order valence-electron chi connectivity index (χ0n) is 14.7. The van der Waals surface area contributed by atoms with E-state index in [0.29, 0.717) is 19.5 Å². The van der Waals surface area contributed by atoms with Crippen molar-refractivity contribution in [3.05, 3.63) is 65.2 Å². The summed E-state index contributed by atoms with van der Waals surface area (Å²) in [5, 5.41) is 9.62. The van der Waals surface area contributed by atoms with Crippen molar-refractivity contribution in [3.63, 3.8) is 0 Å². The lowest BCUT2D eigenvalue weighted by Gasteiger charge is -2.26. The molecule has 1 aliphatic rings. The molecular formula is C20H24N4O. The first kappa shape index (κ1) is 17.0. The minimum Gasteiger partial charge on any atom is -0.356 e. The Balaban J connectivity index is 1.60. The fourth-order valence-corrected chi connectivity index (χ4v) is 3.11. The minimum absolute atomic E-state index is 0.0633. The number of carbonyl (C=O) groups excluding carboxylic acids is 1. The van der Waals surface area contributed by atoms with Crippen LogP contribution in [0.25, 0.3) is 0 Å². The van der Waals surface area contributed by atoms with Gasteiger partial charge in [0.1, 0.15) is 0 Å². The van der Waals surface area contributed by atoms with Crippen molar-refractivity contribution in [1.29, 1.82) is 0 Å². The van der Waals surface area contributed by atoms with Crippen molar-refractivity contribution in [1.82, 2.24) is 10.6 Å². The number of guanidine groups is 1. The van der Waals surface area contributed by atoms with Gasteiger partial charge >= 0.3 is 0 Å². The van der Waals surface area contributed by atoms with Crippen LogP contribution in [-0.2, 0) is 11.3 Å². The minimum atomic E-state index is 0.0633. The van der Waals surface area contributed by atoms with Gasteiger partial charge in [-0.15, -0.1) is 0 Å². The zero-order valence-corrected chi connectivity index (χ0v) is 14.7. The largest absolute Gasteiger partial charge is 0.356 e. The Hall–Kier alpha value is -2.82. The molecule has 5 nitrogen and oxygen atoms in total. The lowest BCUT2D eigenvalue weighted by atomic mass is 9.90. The molecule has 1 unspecified atom stereocenters. The molecule has 1 aliphatic heterocycles. The van der Waals surface area contributed by atoms with Crippen LogP contribution in [0.4, 0.5) is 5.69 Å². The highest BCUT2D eigenvalue weighted by atomic mass is 16.1. The fraction of sp³-hybridized carbons (Fsp3) is 0.300. The molecule has 1 amide bonds. The molecule has 0 aliphatic carbocycles. The van der Waals surface area contributed by atoms with Crippen LogP contribution in [0.5, 0.6) is 0 Å². The van der Waals surface area contributed by atoms with Crippen LogP contribution in [-0.4, -0.2) is 25.5 Å². The number of fused-ring (bicyclic) bond motifs is 1. The number of para-hydroxylation sites is 1. The topological polar surface area (TPSA) is 65.5 Å². The van der Waals surface area contributed by atoms with Gasteiger partial charge in [-0.3, -0.25) is 9.79 Å². The summed E-state index contributed by atoms with van der Waals surface area (Å²) >= 11 is 0. The predicted octanol–water partition coefficient (Wildman–Crippen LogP) is 2.79. The maximum atomic E-state index is 11.9. The molecule has 3 N–H and O–H groups in total. The molecule has 2 aromatic carbocycles. The lowest BCUT2D eigenvalue weighted by Crippen LogP contribution is -2.40. The van der Waals surface area contributed by atoms with Crippen molar-refractivity contribution in [3.8, 4) is 0 Å². The molecule has 2 aromatic rings. The lowest BCUT2D eigenvalue weighted by molar-refractivity contribution is -0.116. The summed E-state index contributed by atoms with van der Waals surface area (Å²) in [6, 6.07) is 16.3. The Morgan fingerprint density at radius 2 is 1.92 bits per heavy atom. The number of amides is 1. The van der Waals surface area contributed by atoms with Crippen LogP contribution in [0.3, 0.4) is 0 Å². The molecule has 0 fully saturated rings. The monoisotopic (exact) mass is 336 g/mol. The summed E-state index contributed by atoms with van der Waals surface area (Å²) in [6.07, 6.45) is 0.485. The second-order valence-electron chi connectivity index (χ2n) is 6.27. The Bertz CT molecular complexity index is 785. The van der Waals surface area contributed by atoms with Gasteiger partial charge in [0.25, 0.3) is 0 Å². The first-order valence-corrected chi connectivity index (χ1v) is 8.55. The van der Waals surface area contributed by atoms with Gasteiger partial charge < -0.3 is 16.0 Å². The van der Waals surface area contributed by atoms with E-state index in [1.165, 1.54) is 16.7 Å². The van der Waals surface area contributed by atoms with Gasteiger partial charge in [0.05, 0.1) is 0 Å². The van der Waals surface area contributed by atoms with Crippen molar-refractivity contribution >= 4 is 17.6 Å². The molecule has 25 heavy (non-hydrogen) atoms. The summed E-state index contributed by atoms with van der Waals surface area (Å²) in [4.78, 5) is 16.2. The molecule has 130 valence electrons. The fourth-order valence-electron chi connectivity index (χ4n) is 3.11. The number of carbonyl (C=O) groups is 1. The van der Waals surface area contributed by atoms with Crippen LogP contribution >= 0.6 is 0 Å². The summed E-state index contributed by atoms with van der Waals surface area (Å²) in [5.41, 5.74) is 4.58. The third kappa shape index (κ3) is 4.18. The number of anilines is 1. The van der Waals surface area contributed by atoms with Gasteiger partial charge in [-0.25, -0.2) is 0 Å². The van der Waals surface area contributed by atoms with E-state index in [1.54, 1.807) is 7.05 Å². The highest BCUT2D eigenvalue weighted by Crippen LogP contribution is 2.31. The average Bonchev–Trinajstić information content (AvgIpc) is 2.62. The second-order valence-corrected chi connectivity index (χ2v) is 6.27. The molecule has 3 rings (SSSR count). The Morgan fingerprint density at radius 3 is 2.72 bits per heavy atom. The van der Waals surface area contributed by atoms with E-state index in [1.807, 2.05) is 30.3 Å². The Morgan fingerprint density at radius 1 is 1.16 bits per heavy atom. The quantitative estimate of drug-likeness (QED) is 0.594. The van der Waals surface area contributed by atoms with Crippen LogP contribution in [0.1, 0.15) is 29.0 Å². The molecule has 0 saturated carbocycles. The van der Waals surface area contributed by atoms with Crippen LogP contribution in [0, 0.1) is 6.92 Å². The van der Waals surface area contributed by atoms with E-state index in [9.17, 15) is 4.79 Å². The van der Waals surface area contributed by atoms with E-state index < -0.39 is 0 Å². The summed E-state index contributed by atoms with van der Waals surface area (Å²) in [7, 11) is 1.76. The van der Waals surface area contributed by atoms with Crippen molar-refractivity contribution in [2.75, 3.05) is 18.9 Å². The number of nitrogens with zero attached hydrogens (tertiary/aromatic N) is 1. The molecule has 0 bridgehead atoms. The Labute approximate surface area is 148 Å². The maximum absolute atomic E-state index is 11.9. The predicted molar refractivity (Wildman–Crippen MR) is 102 cm³/mol. The number of aliphatic imine (C=N–C) groups is 1.